The third-order valence-electron chi connectivity index (χ3n) is 3.88. The van der Waals surface area contributed by atoms with Crippen LogP contribution in [0.4, 0.5) is 0 Å². The van der Waals surface area contributed by atoms with Crippen molar-refractivity contribution >= 4 is 17.7 Å². The SMILES string of the molecule is CSCC(N)C(O)(Cc1nccc2c1CCC2)C(=O)O. The van der Waals surface area contributed by atoms with E-state index in [9.17, 15) is 15.0 Å². The molecule has 1 aromatic heterocycles. The molecule has 0 bridgehead atoms. The number of nitrogens with two attached hydrogens (primary N) is 1. The summed E-state index contributed by atoms with van der Waals surface area (Å²) >= 11 is 1.42. The molecular formula is C14H20N2O3S. The summed E-state index contributed by atoms with van der Waals surface area (Å²) in [7, 11) is 0. The Hall–Kier alpha value is -1.11. The molecule has 0 saturated heterocycles. The molecule has 5 nitrogen and oxygen atoms in total. The maximum absolute atomic E-state index is 11.5. The van der Waals surface area contributed by atoms with Crippen LogP contribution >= 0.6 is 11.8 Å². The molecule has 1 aromatic rings. The molecule has 110 valence electrons. The summed E-state index contributed by atoms with van der Waals surface area (Å²) in [5.41, 5.74) is 6.88. The molecule has 1 heterocycles. The molecule has 2 atom stereocenters. The Kier molecular flexibility index (Phi) is 4.67. The normalized spacial score (nSPS) is 18.4. The van der Waals surface area contributed by atoms with Gasteiger partial charge in [-0.05, 0) is 42.7 Å². The smallest absolute Gasteiger partial charge is 0.337 e. The second-order valence-corrected chi connectivity index (χ2v) is 6.13. The van der Waals surface area contributed by atoms with Gasteiger partial charge in [0.15, 0.2) is 5.60 Å². The molecule has 2 rings (SSSR count). The highest BCUT2D eigenvalue weighted by molar-refractivity contribution is 7.98. The van der Waals surface area contributed by atoms with Crippen LogP contribution in [0.25, 0.3) is 0 Å². The van der Waals surface area contributed by atoms with E-state index in [1.54, 1.807) is 6.20 Å². The Labute approximate surface area is 122 Å². The quantitative estimate of drug-likeness (QED) is 0.712. The fourth-order valence-electron chi connectivity index (χ4n) is 2.67. The van der Waals surface area contributed by atoms with Crippen molar-refractivity contribution in [2.24, 2.45) is 5.73 Å². The minimum Gasteiger partial charge on any atom is -0.479 e. The molecule has 0 aliphatic heterocycles. The number of hydrogen-bond acceptors (Lipinski definition) is 5. The van der Waals surface area contributed by atoms with Crippen molar-refractivity contribution in [1.29, 1.82) is 0 Å². The number of hydrogen-bond donors (Lipinski definition) is 3. The molecule has 0 aromatic carbocycles. The van der Waals surface area contributed by atoms with Gasteiger partial charge in [0.2, 0.25) is 0 Å². The Balaban J connectivity index is 2.29. The van der Waals surface area contributed by atoms with Crippen molar-refractivity contribution in [3.05, 3.63) is 29.1 Å². The molecule has 4 N–H and O–H groups in total. The van der Waals surface area contributed by atoms with Crippen LogP contribution in [-0.2, 0) is 24.1 Å². The van der Waals surface area contributed by atoms with Crippen LogP contribution in [-0.4, -0.2) is 44.8 Å². The van der Waals surface area contributed by atoms with Crippen LogP contribution in [0.3, 0.4) is 0 Å². The predicted octanol–water partition coefficient (Wildman–Crippen LogP) is 0.619. The van der Waals surface area contributed by atoms with Crippen molar-refractivity contribution in [2.75, 3.05) is 12.0 Å². The largest absolute Gasteiger partial charge is 0.479 e. The minimum atomic E-state index is -1.96. The van der Waals surface area contributed by atoms with E-state index >= 15 is 0 Å². The highest BCUT2D eigenvalue weighted by Gasteiger charge is 2.43. The third-order valence-corrected chi connectivity index (χ3v) is 4.57. The maximum Gasteiger partial charge on any atom is 0.337 e. The number of aliphatic hydroxyl groups is 1. The number of carboxylic acids is 1. The lowest BCUT2D eigenvalue weighted by molar-refractivity contribution is -0.160. The fourth-order valence-corrected chi connectivity index (χ4v) is 3.30. The molecule has 0 amide bonds. The van der Waals surface area contributed by atoms with E-state index in [0.29, 0.717) is 11.4 Å². The van der Waals surface area contributed by atoms with Gasteiger partial charge in [-0.15, -0.1) is 0 Å². The van der Waals surface area contributed by atoms with Crippen molar-refractivity contribution in [3.8, 4) is 0 Å². The Bertz CT molecular complexity index is 509. The molecule has 1 aliphatic carbocycles. The number of pyridine rings is 1. The maximum atomic E-state index is 11.5. The van der Waals surface area contributed by atoms with E-state index in [1.165, 1.54) is 17.3 Å². The first-order chi connectivity index (χ1) is 9.49. The van der Waals surface area contributed by atoms with E-state index in [1.807, 2.05) is 12.3 Å². The second-order valence-electron chi connectivity index (χ2n) is 5.22. The van der Waals surface area contributed by atoms with E-state index in [-0.39, 0.29) is 6.42 Å². The first kappa shape index (κ1) is 15.3. The second kappa shape index (κ2) is 6.11. The van der Waals surface area contributed by atoms with Crippen molar-refractivity contribution in [2.45, 2.75) is 37.3 Å². The average molecular weight is 296 g/mol. The first-order valence-electron chi connectivity index (χ1n) is 6.65. The zero-order valence-electron chi connectivity index (χ0n) is 11.5. The average Bonchev–Trinajstić information content (AvgIpc) is 2.88. The lowest BCUT2D eigenvalue weighted by Crippen LogP contribution is -2.57. The summed E-state index contributed by atoms with van der Waals surface area (Å²) in [6.07, 6.45) is 6.42. The number of nitrogens with zero attached hydrogens (tertiary/aromatic N) is 1. The van der Waals surface area contributed by atoms with Crippen LogP contribution in [0.2, 0.25) is 0 Å². The minimum absolute atomic E-state index is 0.0345. The molecule has 0 spiro atoms. The Morgan fingerprint density at radius 2 is 2.35 bits per heavy atom. The third kappa shape index (κ3) is 2.82. The number of aromatic nitrogens is 1. The molecule has 0 saturated carbocycles. The number of rotatable bonds is 6. The Morgan fingerprint density at radius 1 is 1.60 bits per heavy atom. The zero-order chi connectivity index (χ0) is 14.8. The summed E-state index contributed by atoms with van der Waals surface area (Å²) in [6.45, 7) is 0. The molecule has 6 heteroatoms. The Morgan fingerprint density at radius 3 is 3.00 bits per heavy atom. The van der Waals surface area contributed by atoms with Crippen LogP contribution < -0.4 is 5.73 Å². The van der Waals surface area contributed by atoms with E-state index in [2.05, 4.69) is 4.98 Å². The van der Waals surface area contributed by atoms with E-state index in [4.69, 9.17) is 5.73 Å². The topological polar surface area (TPSA) is 96.4 Å². The molecule has 2 unspecified atom stereocenters. The monoisotopic (exact) mass is 296 g/mol. The van der Waals surface area contributed by atoms with Crippen LogP contribution in [0.5, 0.6) is 0 Å². The van der Waals surface area contributed by atoms with Gasteiger partial charge in [0.1, 0.15) is 0 Å². The van der Waals surface area contributed by atoms with Gasteiger partial charge in [-0.3, -0.25) is 4.98 Å². The van der Waals surface area contributed by atoms with Gasteiger partial charge < -0.3 is 15.9 Å². The lowest BCUT2D eigenvalue weighted by Gasteiger charge is -2.29. The number of fused-ring (bicyclic) bond motifs is 1. The fraction of sp³-hybridized carbons (Fsp3) is 0.571. The number of thioether (sulfide) groups is 1. The van der Waals surface area contributed by atoms with Crippen LogP contribution in [0, 0.1) is 0 Å². The van der Waals surface area contributed by atoms with Crippen molar-refractivity contribution < 1.29 is 15.0 Å². The van der Waals surface area contributed by atoms with Crippen molar-refractivity contribution in [1.82, 2.24) is 4.98 Å². The van der Waals surface area contributed by atoms with Gasteiger partial charge >= 0.3 is 5.97 Å². The summed E-state index contributed by atoms with van der Waals surface area (Å²) in [5, 5.41) is 19.9. The number of carbonyl (C=O) groups is 1. The molecule has 20 heavy (non-hydrogen) atoms. The first-order valence-corrected chi connectivity index (χ1v) is 8.04. The summed E-state index contributed by atoms with van der Waals surface area (Å²) < 4.78 is 0. The predicted molar refractivity (Wildman–Crippen MR) is 78.9 cm³/mol. The van der Waals surface area contributed by atoms with Gasteiger partial charge in [0.25, 0.3) is 0 Å². The summed E-state index contributed by atoms with van der Waals surface area (Å²) in [5.74, 6) is -0.894. The highest BCUT2D eigenvalue weighted by Crippen LogP contribution is 2.27. The van der Waals surface area contributed by atoms with Gasteiger partial charge in [-0.2, -0.15) is 11.8 Å². The molecule has 0 radical (unpaired) electrons. The number of aryl methyl sites for hydroxylation is 1. The summed E-state index contributed by atoms with van der Waals surface area (Å²) in [4.78, 5) is 15.7. The zero-order valence-corrected chi connectivity index (χ0v) is 12.3. The lowest BCUT2D eigenvalue weighted by atomic mass is 9.88. The van der Waals surface area contributed by atoms with Gasteiger partial charge in [-0.1, -0.05) is 0 Å². The van der Waals surface area contributed by atoms with E-state index < -0.39 is 17.6 Å². The molecule has 0 fully saturated rings. The van der Waals surface area contributed by atoms with Crippen LogP contribution in [0.15, 0.2) is 12.3 Å². The van der Waals surface area contributed by atoms with E-state index in [0.717, 1.165) is 24.8 Å². The summed E-state index contributed by atoms with van der Waals surface area (Å²) in [6, 6.07) is 1.14. The highest BCUT2D eigenvalue weighted by atomic mass is 32.2. The van der Waals surface area contributed by atoms with Gasteiger partial charge in [0.05, 0.1) is 6.04 Å². The molecular weight excluding hydrogens is 276 g/mol. The van der Waals surface area contributed by atoms with Gasteiger partial charge in [-0.25, -0.2) is 4.79 Å². The van der Waals surface area contributed by atoms with Gasteiger partial charge in [0, 0.05) is 24.1 Å². The number of carboxylic acid groups (broad SMARTS) is 1. The van der Waals surface area contributed by atoms with Crippen LogP contribution in [0.1, 0.15) is 23.2 Å². The standard InChI is InChI=1S/C14H20N2O3S/c1-20-8-12(15)14(19,13(17)18)7-11-10-4-2-3-9(10)5-6-16-11/h5-6,12,19H,2-4,7-8,15H2,1H3,(H,17,18). The number of aliphatic carboxylic acids is 1. The van der Waals surface area contributed by atoms with Crippen molar-refractivity contribution in [3.63, 3.8) is 0 Å². The molecule has 1 aliphatic rings.